The second kappa shape index (κ2) is 4.57. The predicted octanol–water partition coefficient (Wildman–Crippen LogP) is 3.18. The number of nitrogens with zero attached hydrogens (tertiary/aromatic N) is 2. The van der Waals surface area contributed by atoms with Crippen LogP contribution in [0, 0.1) is 6.92 Å². The molecule has 0 bridgehead atoms. The average molecular weight is 222 g/mol. The van der Waals surface area contributed by atoms with Gasteiger partial charge in [0.05, 0.1) is 11.6 Å². The van der Waals surface area contributed by atoms with Gasteiger partial charge in [0.25, 0.3) is 0 Å². The zero-order chi connectivity index (χ0) is 10.7. The summed E-state index contributed by atoms with van der Waals surface area (Å²) < 4.78 is 5.53. The fourth-order valence-electron chi connectivity index (χ4n) is 1.31. The summed E-state index contributed by atoms with van der Waals surface area (Å²) in [5, 5.41) is 1.04. The van der Waals surface area contributed by atoms with Gasteiger partial charge in [0.2, 0.25) is 5.88 Å². The molecule has 0 radical (unpaired) electrons. The maximum atomic E-state index is 5.53. The Morgan fingerprint density at radius 3 is 3.00 bits per heavy atom. The van der Waals surface area contributed by atoms with Gasteiger partial charge >= 0.3 is 0 Å². The molecule has 3 nitrogen and oxygen atoms in total. The molecule has 4 heteroatoms. The monoisotopic (exact) mass is 222 g/mol. The van der Waals surface area contributed by atoms with E-state index >= 15 is 0 Å². The van der Waals surface area contributed by atoms with E-state index in [0.29, 0.717) is 5.88 Å². The van der Waals surface area contributed by atoms with Crippen molar-refractivity contribution in [2.24, 2.45) is 0 Å². The quantitative estimate of drug-likeness (QED) is 0.745. The van der Waals surface area contributed by atoms with Crippen molar-refractivity contribution in [3.05, 3.63) is 17.1 Å². The first kappa shape index (κ1) is 10.4. The van der Waals surface area contributed by atoms with Crippen LogP contribution in [-0.2, 0) is 0 Å². The summed E-state index contributed by atoms with van der Waals surface area (Å²) in [7, 11) is 0. The molecule has 0 aromatic carbocycles. The minimum atomic E-state index is 0.708. The smallest absolute Gasteiger partial charge is 0.214 e. The second-order valence-electron chi connectivity index (χ2n) is 3.41. The predicted molar refractivity (Wildman–Crippen MR) is 62.6 cm³/mol. The van der Waals surface area contributed by atoms with Crippen LogP contribution in [0.15, 0.2) is 12.1 Å². The van der Waals surface area contributed by atoms with E-state index in [1.807, 2.05) is 19.1 Å². The SMILES string of the molecule is CCCCOc1ccc2nc(C)sc2n1. The van der Waals surface area contributed by atoms with Gasteiger partial charge in [0.15, 0.2) is 0 Å². The van der Waals surface area contributed by atoms with Crippen LogP contribution in [0.3, 0.4) is 0 Å². The summed E-state index contributed by atoms with van der Waals surface area (Å²) in [5.74, 6) is 0.708. The van der Waals surface area contributed by atoms with Gasteiger partial charge in [0, 0.05) is 6.07 Å². The number of ether oxygens (including phenoxy) is 1. The van der Waals surface area contributed by atoms with Gasteiger partial charge in [-0.1, -0.05) is 24.7 Å². The maximum absolute atomic E-state index is 5.53. The van der Waals surface area contributed by atoms with Crippen molar-refractivity contribution in [3.8, 4) is 5.88 Å². The molecule has 0 spiro atoms. The summed E-state index contributed by atoms with van der Waals surface area (Å²) in [6.45, 7) is 4.88. The molecule has 2 aromatic heterocycles. The van der Waals surface area contributed by atoms with Gasteiger partial charge in [-0.25, -0.2) is 9.97 Å². The number of rotatable bonds is 4. The Morgan fingerprint density at radius 2 is 2.20 bits per heavy atom. The van der Waals surface area contributed by atoms with Crippen LogP contribution < -0.4 is 4.74 Å². The first-order valence-corrected chi connectivity index (χ1v) is 5.98. The van der Waals surface area contributed by atoms with Crippen LogP contribution in [0.5, 0.6) is 5.88 Å². The molecule has 0 aliphatic carbocycles. The van der Waals surface area contributed by atoms with Crippen LogP contribution in [0.2, 0.25) is 0 Å². The van der Waals surface area contributed by atoms with Crippen molar-refractivity contribution in [1.29, 1.82) is 0 Å². The first-order chi connectivity index (χ1) is 7.29. The Bertz CT molecular complexity index is 453. The van der Waals surface area contributed by atoms with Crippen molar-refractivity contribution in [1.82, 2.24) is 9.97 Å². The lowest BCUT2D eigenvalue weighted by molar-refractivity contribution is 0.299. The molecule has 0 saturated carbocycles. The number of thiazole rings is 1. The molecular weight excluding hydrogens is 208 g/mol. The Labute approximate surface area is 93.1 Å². The fourth-order valence-corrected chi connectivity index (χ4v) is 2.09. The van der Waals surface area contributed by atoms with Gasteiger partial charge in [-0.3, -0.25) is 0 Å². The van der Waals surface area contributed by atoms with Crippen molar-refractivity contribution >= 4 is 21.7 Å². The zero-order valence-corrected chi connectivity index (χ0v) is 9.80. The number of fused-ring (bicyclic) bond motifs is 1. The molecule has 0 amide bonds. The summed E-state index contributed by atoms with van der Waals surface area (Å²) in [4.78, 5) is 9.71. The molecule has 2 aromatic rings. The third kappa shape index (κ3) is 2.45. The Hall–Kier alpha value is -1.16. The van der Waals surface area contributed by atoms with Crippen LogP contribution in [0.4, 0.5) is 0 Å². The number of pyridine rings is 1. The van der Waals surface area contributed by atoms with Crippen LogP contribution in [0.1, 0.15) is 24.8 Å². The molecule has 0 saturated heterocycles. The summed E-state index contributed by atoms with van der Waals surface area (Å²) in [6, 6.07) is 3.85. The molecule has 15 heavy (non-hydrogen) atoms. The van der Waals surface area contributed by atoms with Crippen LogP contribution >= 0.6 is 11.3 Å². The molecule has 80 valence electrons. The standard InChI is InChI=1S/C11H14N2OS/c1-3-4-7-14-10-6-5-9-11(13-10)15-8(2)12-9/h5-6H,3-4,7H2,1-2H3. The average Bonchev–Trinajstić information content (AvgIpc) is 2.57. The first-order valence-electron chi connectivity index (χ1n) is 5.16. The largest absolute Gasteiger partial charge is 0.478 e. The van der Waals surface area contributed by atoms with Crippen LogP contribution in [-0.4, -0.2) is 16.6 Å². The molecule has 0 atom stereocenters. The van der Waals surface area contributed by atoms with E-state index in [2.05, 4.69) is 16.9 Å². The number of unbranched alkanes of at least 4 members (excludes halogenated alkanes) is 1. The molecule has 2 rings (SSSR count). The van der Waals surface area contributed by atoms with E-state index in [0.717, 1.165) is 34.8 Å². The van der Waals surface area contributed by atoms with Crippen LogP contribution in [0.25, 0.3) is 10.3 Å². The Kier molecular flexibility index (Phi) is 3.16. The minimum absolute atomic E-state index is 0.708. The van der Waals surface area contributed by atoms with E-state index in [1.165, 1.54) is 0 Å². The molecule has 0 fully saturated rings. The summed E-state index contributed by atoms with van der Waals surface area (Å²) in [5.41, 5.74) is 0.959. The van der Waals surface area contributed by atoms with Gasteiger partial charge in [-0.2, -0.15) is 0 Å². The highest BCUT2D eigenvalue weighted by Gasteiger charge is 2.03. The van der Waals surface area contributed by atoms with Gasteiger partial charge < -0.3 is 4.74 Å². The highest BCUT2D eigenvalue weighted by molar-refractivity contribution is 7.18. The number of hydrogen-bond donors (Lipinski definition) is 0. The number of aryl methyl sites for hydroxylation is 1. The van der Waals surface area contributed by atoms with Crippen molar-refractivity contribution in [2.75, 3.05) is 6.61 Å². The second-order valence-corrected chi connectivity index (χ2v) is 4.59. The highest BCUT2D eigenvalue weighted by atomic mass is 32.1. The van der Waals surface area contributed by atoms with Crippen molar-refractivity contribution in [3.63, 3.8) is 0 Å². The van der Waals surface area contributed by atoms with Gasteiger partial charge in [-0.15, -0.1) is 0 Å². The highest BCUT2D eigenvalue weighted by Crippen LogP contribution is 2.22. The van der Waals surface area contributed by atoms with E-state index in [-0.39, 0.29) is 0 Å². The molecule has 0 N–H and O–H groups in total. The van der Waals surface area contributed by atoms with Crippen molar-refractivity contribution in [2.45, 2.75) is 26.7 Å². The normalized spacial score (nSPS) is 10.8. The number of aromatic nitrogens is 2. The topological polar surface area (TPSA) is 35.0 Å². The maximum Gasteiger partial charge on any atom is 0.214 e. The summed E-state index contributed by atoms with van der Waals surface area (Å²) >= 11 is 1.60. The lowest BCUT2D eigenvalue weighted by atomic mass is 10.4. The Morgan fingerprint density at radius 1 is 1.33 bits per heavy atom. The zero-order valence-electron chi connectivity index (χ0n) is 8.99. The van der Waals surface area contributed by atoms with Gasteiger partial charge in [-0.05, 0) is 19.4 Å². The summed E-state index contributed by atoms with van der Waals surface area (Å²) in [6.07, 6.45) is 2.21. The fraction of sp³-hybridized carbons (Fsp3) is 0.455. The van der Waals surface area contributed by atoms with Gasteiger partial charge in [0.1, 0.15) is 10.3 Å². The minimum Gasteiger partial charge on any atom is -0.478 e. The third-order valence-corrected chi connectivity index (χ3v) is 2.97. The third-order valence-electron chi connectivity index (χ3n) is 2.08. The molecule has 2 heterocycles. The van der Waals surface area contributed by atoms with E-state index < -0.39 is 0 Å². The lowest BCUT2D eigenvalue weighted by Gasteiger charge is -2.02. The van der Waals surface area contributed by atoms with E-state index in [4.69, 9.17) is 4.74 Å². The van der Waals surface area contributed by atoms with Crippen molar-refractivity contribution < 1.29 is 4.74 Å². The number of hydrogen-bond acceptors (Lipinski definition) is 4. The molecule has 0 aliphatic rings. The Balaban J connectivity index is 2.15. The lowest BCUT2D eigenvalue weighted by Crippen LogP contribution is -1.97. The molecule has 0 unspecified atom stereocenters. The molecule has 0 aliphatic heterocycles. The van der Waals surface area contributed by atoms with E-state index in [1.54, 1.807) is 11.3 Å². The van der Waals surface area contributed by atoms with E-state index in [9.17, 15) is 0 Å². The molecular formula is C11H14N2OS.